The number of hydrogen-bond acceptors (Lipinski definition) is 7. The number of benzene rings is 3. The zero-order valence-corrected chi connectivity index (χ0v) is 29.3. The Kier molecular flexibility index (Phi) is 9.91. The number of aromatic nitrogens is 2. The Balaban J connectivity index is 1.39. The Morgan fingerprint density at radius 3 is 2.35 bits per heavy atom. The molecule has 266 valence electrons. The van der Waals surface area contributed by atoms with Gasteiger partial charge < -0.3 is 25.2 Å². The maximum atomic E-state index is 15.3. The highest BCUT2D eigenvalue weighted by molar-refractivity contribution is 6.02. The Bertz CT molecular complexity index is 1940. The fourth-order valence-electron chi connectivity index (χ4n) is 6.26. The van der Waals surface area contributed by atoms with E-state index in [9.17, 15) is 14.4 Å². The van der Waals surface area contributed by atoms with Crippen LogP contribution in [-0.4, -0.2) is 64.7 Å². The van der Waals surface area contributed by atoms with E-state index in [1.54, 1.807) is 24.1 Å². The minimum Gasteiger partial charge on any atom is -0.444 e. The Labute approximate surface area is 295 Å². The summed E-state index contributed by atoms with van der Waals surface area (Å²) in [6.45, 7) is 8.57. The topological polar surface area (TPSA) is 120 Å². The molecule has 0 spiro atoms. The van der Waals surface area contributed by atoms with Crippen LogP contribution in [0.2, 0.25) is 0 Å². The van der Waals surface area contributed by atoms with Crippen molar-refractivity contribution in [3.8, 4) is 11.3 Å². The predicted molar refractivity (Wildman–Crippen MR) is 190 cm³/mol. The second-order valence-corrected chi connectivity index (χ2v) is 13.7. The molecule has 0 radical (unpaired) electrons. The van der Waals surface area contributed by atoms with Gasteiger partial charge in [0.1, 0.15) is 22.9 Å². The lowest BCUT2D eigenvalue weighted by molar-refractivity contribution is 0.0200. The number of nitrogens with zero attached hydrogens (tertiary/aromatic N) is 5. The fourth-order valence-corrected chi connectivity index (χ4v) is 6.26. The maximum absolute atomic E-state index is 15.3. The lowest BCUT2D eigenvalue weighted by atomic mass is 9.97. The first-order valence-corrected chi connectivity index (χ1v) is 16.9. The molecule has 2 aliphatic heterocycles. The average Bonchev–Trinajstić information content (AvgIpc) is 3.10. The van der Waals surface area contributed by atoms with E-state index in [1.165, 1.54) is 6.07 Å². The van der Waals surface area contributed by atoms with Gasteiger partial charge in [0.05, 0.1) is 12.2 Å². The Morgan fingerprint density at radius 1 is 1.00 bits per heavy atom. The molecule has 0 unspecified atom stereocenters. The van der Waals surface area contributed by atoms with Gasteiger partial charge in [0.2, 0.25) is 5.95 Å². The summed E-state index contributed by atoms with van der Waals surface area (Å²) in [6.07, 6.45) is 0.742. The zero-order chi connectivity index (χ0) is 36.4. The van der Waals surface area contributed by atoms with Crippen molar-refractivity contribution < 1.29 is 27.9 Å². The fraction of sp³-hybridized carbons (Fsp3) is 0.342. The first-order valence-electron chi connectivity index (χ1n) is 16.9. The van der Waals surface area contributed by atoms with E-state index in [1.807, 2.05) is 69.0 Å². The van der Waals surface area contributed by atoms with Gasteiger partial charge >= 0.3 is 12.1 Å². The van der Waals surface area contributed by atoms with Crippen molar-refractivity contribution in [2.75, 3.05) is 29.9 Å². The normalized spacial score (nSPS) is 14.8. The van der Waals surface area contributed by atoms with Gasteiger partial charge in [-0.05, 0) is 75.9 Å². The SMILES string of the molecule is Cc1ccc(C(=O)NCc2ccccc2)cc1-c1nc(N2CCC(N(C)C(=O)OC(C)(C)C)CC2)nc2c1CNC(=O)N2c1c(F)cccc1F. The number of piperidine rings is 1. The van der Waals surface area contributed by atoms with E-state index in [0.717, 1.165) is 28.2 Å². The Hall–Kier alpha value is -5.59. The van der Waals surface area contributed by atoms with E-state index in [-0.39, 0.29) is 30.3 Å². The zero-order valence-electron chi connectivity index (χ0n) is 29.3. The van der Waals surface area contributed by atoms with Crippen molar-refractivity contribution in [3.63, 3.8) is 0 Å². The molecule has 3 aromatic carbocycles. The number of anilines is 3. The molecule has 13 heteroatoms. The minimum absolute atomic E-state index is 0.0109. The van der Waals surface area contributed by atoms with Gasteiger partial charge in [0.25, 0.3) is 5.91 Å². The van der Waals surface area contributed by atoms with Crippen molar-refractivity contribution in [3.05, 3.63) is 101 Å². The summed E-state index contributed by atoms with van der Waals surface area (Å²) in [5.41, 5.74) is 2.40. The van der Waals surface area contributed by atoms with Gasteiger partial charge in [-0.25, -0.2) is 28.3 Å². The van der Waals surface area contributed by atoms with Crippen LogP contribution < -0.4 is 20.4 Å². The summed E-state index contributed by atoms with van der Waals surface area (Å²) in [5.74, 6) is -1.87. The first kappa shape index (κ1) is 35.2. The molecule has 6 rings (SSSR count). The molecule has 0 aliphatic carbocycles. The highest BCUT2D eigenvalue weighted by atomic mass is 19.1. The number of hydrogen-bond donors (Lipinski definition) is 2. The number of aryl methyl sites for hydroxylation is 1. The number of carbonyl (C=O) groups is 3. The second-order valence-electron chi connectivity index (χ2n) is 13.7. The summed E-state index contributed by atoms with van der Waals surface area (Å²) in [4.78, 5) is 53.7. The molecule has 11 nitrogen and oxygen atoms in total. The van der Waals surface area contributed by atoms with E-state index < -0.39 is 35.0 Å². The monoisotopic (exact) mass is 697 g/mol. The molecule has 51 heavy (non-hydrogen) atoms. The van der Waals surface area contributed by atoms with Gasteiger partial charge in [-0.1, -0.05) is 42.5 Å². The van der Waals surface area contributed by atoms with Crippen LogP contribution in [0.4, 0.5) is 35.8 Å². The number of nitrogens with one attached hydrogen (secondary N) is 2. The molecule has 2 aliphatic rings. The number of ether oxygens (including phenoxy) is 1. The summed E-state index contributed by atoms with van der Waals surface area (Å²) < 4.78 is 36.1. The van der Waals surface area contributed by atoms with Crippen LogP contribution in [0.15, 0.2) is 66.7 Å². The molecule has 2 N–H and O–H groups in total. The van der Waals surface area contributed by atoms with Crippen LogP contribution in [0.5, 0.6) is 0 Å². The van der Waals surface area contributed by atoms with E-state index in [0.29, 0.717) is 54.9 Å². The second kappa shape index (κ2) is 14.3. The maximum Gasteiger partial charge on any atom is 0.410 e. The molecule has 4 amide bonds. The van der Waals surface area contributed by atoms with E-state index in [4.69, 9.17) is 14.7 Å². The number of halogens is 2. The summed E-state index contributed by atoms with van der Waals surface area (Å²) >= 11 is 0. The molecular formula is C38H41F2N7O4. The number of urea groups is 1. The molecule has 0 atom stereocenters. The van der Waals surface area contributed by atoms with Gasteiger partial charge in [0.15, 0.2) is 5.82 Å². The van der Waals surface area contributed by atoms with Crippen molar-refractivity contribution in [1.82, 2.24) is 25.5 Å². The van der Waals surface area contributed by atoms with Crippen molar-refractivity contribution in [1.29, 1.82) is 0 Å². The molecular weight excluding hydrogens is 656 g/mol. The third-order valence-corrected chi connectivity index (χ3v) is 8.99. The summed E-state index contributed by atoms with van der Waals surface area (Å²) in [7, 11) is 1.72. The first-order chi connectivity index (χ1) is 24.3. The average molecular weight is 698 g/mol. The van der Waals surface area contributed by atoms with Crippen LogP contribution in [-0.2, 0) is 17.8 Å². The standard InChI is InChI=1S/C38H41F2N7O4/c1-23-14-15-25(34(48)41-21-24-10-7-6-8-11-24)20-27(23)31-28-22-42-36(49)47(32-29(39)12-9-13-30(32)40)33(28)44-35(43-31)46-18-16-26(17-19-46)45(5)37(50)51-38(2,3)4/h6-15,20,26H,16-19,21-22H2,1-5H3,(H,41,48)(H,42,49). The Morgan fingerprint density at radius 2 is 1.69 bits per heavy atom. The lowest BCUT2D eigenvalue weighted by Gasteiger charge is -2.38. The van der Waals surface area contributed by atoms with Crippen LogP contribution in [0.3, 0.4) is 0 Å². The van der Waals surface area contributed by atoms with Crippen molar-refractivity contribution >= 4 is 35.5 Å². The highest BCUT2D eigenvalue weighted by Crippen LogP contribution is 2.40. The number of rotatable bonds is 7. The highest BCUT2D eigenvalue weighted by Gasteiger charge is 2.36. The number of amides is 4. The van der Waals surface area contributed by atoms with Crippen LogP contribution in [0.25, 0.3) is 11.3 Å². The van der Waals surface area contributed by atoms with E-state index >= 15 is 8.78 Å². The number of para-hydroxylation sites is 1. The van der Waals surface area contributed by atoms with Crippen molar-refractivity contribution in [2.24, 2.45) is 0 Å². The third kappa shape index (κ3) is 7.62. The predicted octanol–water partition coefficient (Wildman–Crippen LogP) is 6.86. The number of carbonyl (C=O) groups excluding carboxylic acids is 3. The van der Waals surface area contributed by atoms with Gasteiger partial charge in [0, 0.05) is 49.4 Å². The smallest absolute Gasteiger partial charge is 0.410 e. The van der Waals surface area contributed by atoms with Gasteiger partial charge in [-0.15, -0.1) is 0 Å². The van der Waals surface area contributed by atoms with Crippen LogP contribution >= 0.6 is 0 Å². The largest absolute Gasteiger partial charge is 0.444 e. The minimum atomic E-state index is -0.932. The van der Waals surface area contributed by atoms with E-state index in [2.05, 4.69) is 10.6 Å². The molecule has 1 fully saturated rings. The summed E-state index contributed by atoms with van der Waals surface area (Å²) in [5, 5.41) is 5.68. The van der Waals surface area contributed by atoms with Gasteiger partial charge in [-0.2, -0.15) is 4.98 Å². The van der Waals surface area contributed by atoms with Gasteiger partial charge in [-0.3, -0.25) is 4.79 Å². The quantitative estimate of drug-likeness (QED) is 0.217. The van der Waals surface area contributed by atoms with Crippen LogP contribution in [0.1, 0.15) is 60.7 Å². The van der Waals surface area contributed by atoms with Crippen molar-refractivity contribution in [2.45, 2.75) is 65.3 Å². The molecule has 0 bridgehead atoms. The molecule has 4 aromatic rings. The lowest BCUT2D eigenvalue weighted by Crippen LogP contribution is -2.48. The molecule has 0 saturated carbocycles. The van der Waals surface area contributed by atoms with Crippen LogP contribution in [0, 0.1) is 18.6 Å². The summed E-state index contributed by atoms with van der Waals surface area (Å²) in [6, 6.07) is 17.4. The molecule has 1 aromatic heterocycles. The third-order valence-electron chi connectivity index (χ3n) is 8.99. The molecule has 3 heterocycles. The number of fused-ring (bicyclic) bond motifs is 1. The molecule has 1 saturated heterocycles.